The van der Waals surface area contributed by atoms with E-state index in [2.05, 4.69) is 14.5 Å². The van der Waals surface area contributed by atoms with E-state index in [9.17, 15) is 35.0 Å². The molecule has 1 atom stereocenters. The molecule has 0 fully saturated rings. The minimum absolute atomic E-state index is 0.00292. The van der Waals surface area contributed by atoms with Gasteiger partial charge in [-0.2, -0.15) is 13.2 Å². The van der Waals surface area contributed by atoms with E-state index in [0.29, 0.717) is 5.56 Å². The van der Waals surface area contributed by atoms with Crippen molar-refractivity contribution < 1.29 is 48.9 Å². The summed E-state index contributed by atoms with van der Waals surface area (Å²) in [6, 6.07) is 14.2. The molecule has 14 heteroatoms. The fraction of sp³-hybridized carbons (Fsp3) is 0.167. The van der Waals surface area contributed by atoms with Crippen LogP contribution in [0.25, 0.3) is 0 Å². The van der Waals surface area contributed by atoms with Crippen LogP contribution in [-0.2, 0) is 30.0 Å². The third-order valence-electron chi connectivity index (χ3n) is 4.57. The van der Waals surface area contributed by atoms with E-state index >= 15 is 0 Å². The Bertz CT molecular complexity index is 1320. The monoisotopic (exact) mass is 602 g/mol. The molecule has 0 aliphatic carbocycles. The van der Waals surface area contributed by atoms with E-state index in [1.165, 1.54) is 56.3 Å². The molecule has 0 aromatic heterocycles. The predicted octanol–water partition coefficient (Wildman–Crippen LogP) is 4.09. The molecule has 1 unspecified atom stereocenters. The van der Waals surface area contributed by atoms with Crippen molar-refractivity contribution in [2.45, 2.75) is 26.6 Å². The first-order valence-corrected chi connectivity index (χ1v) is 13.9. The maximum atomic E-state index is 13.7. The van der Waals surface area contributed by atoms with Gasteiger partial charge in [-0.1, -0.05) is 12.1 Å². The summed E-state index contributed by atoms with van der Waals surface area (Å²) in [5, 5.41) is 13.0. The normalized spacial score (nSPS) is 12.4. The molecular weight excluding hydrogens is 579 g/mol. The number of carbonyl (C=O) groups is 2. The van der Waals surface area contributed by atoms with E-state index in [1.807, 2.05) is 0 Å². The summed E-state index contributed by atoms with van der Waals surface area (Å²) in [5.74, 6) is -1.24. The first-order chi connectivity index (χ1) is 17.7. The van der Waals surface area contributed by atoms with Crippen molar-refractivity contribution >= 4 is 41.7 Å². The van der Waals surface area contributed by atoms with Crippen LogP contribution < -0.4 is 19.7 Å². The molecule has 0 heterocycles. The topological polar surface area (TPSA) is 134 Å². The van der Waals surface area contributed by atoms with E-state index in [0.717, 1.165) is 18.2 Å². The maximum absolute atomic E-state index is 13.7. The minimum atomic E-state index is -4.92. The van der Waals surface area contributed by atoms with Crippen molar-refractivity contribution in [3.8, 4) is 5.75 Å². The number of nitrogens with one attached hydrogen (secondary N) is 2. The predicted molar refractivity (Wildman–Crippen MR) is 129 cm³/mol. The number of para-hydroxylation sites is 1. The van der Waals surface area contributed by atoms with Crippen LogP contribution in [0.3, 0.4) is 0 Å². The Kier molecular flexibility index (Phi) is 10.7. The molecule has 0 aliphatic heterocycles. The Morgan fingerprint density at radius 1 is 0.921 bits per heavy atom. The quantitative estimate of drug-likeness (QED) is 0.139. The molecule has 3 rings (SSSR count). The van der Waals surface area contributed by atoms with Crippen LogP contribution in [0.4, 0.5) is 28.9 Å². The number of hydrogen-bond acceptors (Lipinski definition) is 6. The number of halogens is 4. The summed E-state index contributed by atoms with van der Waals surface area (Å²) in [4.78, 5) is 21.7. The summed E-state index contributed by atoms with van der Waals surface area (Å²) in [6.45, 7) is 2.53. The van der Waals surface area contributed by atoms with Crippen LogP contribution in [0.5, 0.6) is 5.75 Å². The van der Waals surface area contributed by atoms with Crippen LogP contribution in [0, 0.1) is 5.82 Å². The van der Waals surface area contributed by atoms with Gasteiger partial charge in [-0.05, 0) is 29.8 Å². The van der Waals surface area contributed by atoms with Crippen molar-refractivity contribution in [2.24, 2.45) is 0 Å². The van der Waals surface area contributed by atoms with Gasteiger partial charge in [0.25, 0.3) is 0 Å². The Balaban J connectivity index is 0.000000293. The molecule has 0 aliphatic rings. The number of carbonyl (C=O) groups excluding carboxylic acids is 2. The van der Waals surface area contributed by atoms with Gasteiger partial charge in [0.05, 0.1) is 11.3 Å². The summed E-state index contributed by atoms with van der Waals surface area (Å²) in [5.41, 5.74) is -0.0419. The van der Waals surface area contributed by atoms with Crippen LogP contribution in [-0.4, -0.2) is 35.3 Å². The average Bonchev–Trinajstić information content (AvgIpc) is 2.84. The van der Waals surface area contributed by atoms with Crippen LogP contribution in [0.2, 0.25) is 0 Å². The molecule has 0 spiro atoms. The van der Waals surface area contributed by atoms with Gasteiger partial charge in [-0.15, -0.1) is 0 Å². The number of hydrogen-bond donors (Lipinski definition) is 4. The Morgan fingerprint density at radius 3 is 2.03 bits per heavy atom. The van der Waals surface area contributed by atoms with E-state index in [1.54, 1.807) is 6.07 Å². The standard InChI is InChI=1S/C16H13F4NO2.C8H10AsNO5/c1-10(22)21-15-7-6-13(8-14(15)17)23-9-11-2-4-12(5-3-11)16(18,19)20;1-6(11)10-8-5-3-2-4-7(8)9(12,13)15-14/h2-8H,9H2,1H3,(H,21,22);2-5,14H,1H3,(H,10,11)(H,12,13). The van der Waals surface area contributed by atoms with Gasteiger partial charge in [0, 0.05) is 13.0 Å². The molecule has 0 saturated carbocycles. The van der Waals surface area contributed by atoms with Crippen molar-refractivity contribution in [1.29, 1.82) is 0 Å². The van der Waals surface area contributed by atoms with Crippen molar-refractivity contribution in [1.82, 2.24) is 0 Å². The third-order valence-corrected chi connectivity index (χ3v) is 7.13. The molecule has 3 aromatic rings. The SMILES string of the molecule is CC(=O)Nc1ccc(OCc2ccc(C(F)(F)F)cc2)cc1F.CC(=O)Nc1ccccc1[As](=O)(O)OO. The summed E-state index contributed by atoms with van der Waals surface area (Å²) >= 11 is -4.92. The molecule has 4 N–H and O–H groups in total. The summed E-state index contributed by atoms with van der Waals surface area (Å²) < 4.78 is 80.5. The van der Waals surface area contributed by atoms with Crippen molar-refractivity contribution in [2.75, 3.05) is 10.6 Å². The number of ether oxygens (including phenoxy) is 1. The van der Waals surface area contributed by atoms with Crippen molar-refractivity contribution in [3.63, 3.8) is 0 Å². The Morgan fingerprint density at radius 2 is 1.50 bits per heavy atom. The molecule has 2 amide bonds. The number of rotatable bonds is 7. The number of anilines is 2. The second kappa shape index (κ2) is 13.2. The van der Waals surface area contributed by atoms with Gasteiger partial charge in [-0.3, -0.25) is 4.79 Å². The van der Waals surface area contributed by atoms with Gasteiger partial charge in [0.2, 0.25) is 5.91 Å². The Hall–Kier alpha value is -3.64. The number of alkyl halides is 3. The fourth-order valence-electron chi connectivity index (χ4n) is 2.89. The average molecular weight is 602 g/mol. The third kappa shape index (κ3) is 9.34. The van der Waals surface area contributed by atoms with Crippen LogP contribution in [0.15, 0.2) is 66.7 Å². The van der Waals surface area contributed by atoms with E-state index < -0.39 is 37.6 Å². The molecule has 204 valence electrons. The second-order valence-electron chi connectivity index (χ2n) is 7.61. The summed E-state index contributed by atoms with van der Waals surface area (Å²) in [7, 11) is 0. The first-order valence-electron chi connectivity index (χ1n) is 10.6. The molecule has 9 nitrogen and oxygen atoms in total. The van der Waals surface area contributed by atoms with Gasteiger partial charge < -0.3 is 10.1 Å². The van der Waals surface area contributed by atoms with Crippen molar-refractivity contribution in [3.05, 3.63) is 83.7 Å². The van der Waals surface area contributed by atoms with Gasteiger partial charge in [0.15, 0.2) is 0 Å². The molecule has 38 heavy (non-hydrogen) atoms. The van der Waals surface area contributed by atoms with Crippen LogP contribution >= 0.6 is 0 Å². The molecular formula is C24H23AsF4N2O7. The molecule has 3 aromatic carbocycles. The Labute approximate surface area is 217 Å². The van der Waals surface area contributed by atoms with Crippen LogP contribution in [0.1, 0.15) is 25.0 Å². The molecule has 0 bridgehead atoms. The second-order valence-corrected chi connectivity index (χ2v) is 11.1. The van der Waals surface area contributed by atoms with Gasteiger partial charge in [0.1, 0.15) is 18.2 Å². The fourth-order valence-corrected chi connectivity index (χ4v) is 4.57. The van der Waals surface area contributed by atoms with E-state index in [-0.39, 0.29) is 34.0 Å². The zero-order valence-corrected chi connectivity index (χ0v) is 21.8. The number of amides is 2. The first kappa shape index (κ1) is 30.6. The molecule has 0 radical (unpaired) electrons. The zero-order valence-electron chi connectivity index (χ0n) is 20.0. The molecule has 0 saturated heterocycles. The van der Waals surface area contributed by atoms with Gasteiger partial charge >= 0.3 is 94.6 Å². The zero-order chi connectivity index (χ0) is 28.5. The number of benzene rings is 3. The van der Waals surface area contributed by atoms with E-state index in [4.69, 9.17) is 9.99 Å². The summed E-state index contributed by atoms with van der Waals surface area (Å²) in [6.07, 6.45) is -4.39. The van der Waals surface area contributed by atoms with Gasteiger partial charge in [-0.25, -0.2) is 4.39 Å².